The Morgan fingerprint density at radius 3 is 2.61 bits per heavy atom. The summed E-state index contributed by atoms with van der Waals surface area (Å²) in [4.78, 5) is 29.0. The van der Waals surface area contributed by atoms with Gasteiger partial charge in [0.05, 0.1) is 30.3 Å². The Morgan fingerprint density at radius 1 is 1.33 bits per heavy atom. The summed E-state index contributed by atoms with van der Waals surface area (Å²) in [6.07, 6.45) is 0.606. The topological polar surface area (TPSA) is 93.9 Å². The van der Waals surface area contributed by atoms with Gasteiger partial charge in [0.15, 0.2) is 0 Å². The SMILES string of the molecule is COc1cc(N2CN3[C@@H](CC(C)(C)C)[C@@](C)(C#N)[C@@H](c4cccc(Cl)c4F)[C@@H]3C2=O)ccc1C(=O)O. The summed E-state index contributed by atoms with van der Waals surface area (Å²) >= 11 is 6.12. The number of amides is 1. The van der Waals surface area contributed by atoms with Crippen molar-refractivity contribution < 1.29 is 23.8 Å². The van der Waals surface area contributed by atoms with Crippen LogP contribution in [0.4, 0.5) is 10.1 Å². The first kappa shape index (κ1) is 25.9. The van der Waals surface area contributed by atoms with Gasteiger partial charge < -0.3 is 9.84 Å². The van der Waals surface area contributed by atoms with Crippen molar-refractivity contribution in [3.8, 4) is 11.8 Å². The average molecular weight is 514 g/mol. The molecule has 0 bridgehead atoms. The highest BCUT2D eigenvalue weighted by Crippen LogP contribution is 2.56. The fourth-order valence-corrected chi connectivity index (χ4v) is 5.85. The third kappa shape index (κ3) is 4.10. The van der Waals surface area contributed by atoms with Gasteiger partial charge in [-0.3, -0.25) is 14.6 Å². The minimum atomic E-state index is -1.14. The van der Waals surface area contributed by atoms with Crippen LogP contribution in [0.1, 0.15) is 56.0 Å². The molecule has 190 valence electrons. The van der Waals surface area contributed by atoms with E-state index in [1.807, 2.05) is 4.90 Å². The summed E-state index contributed by atoms with van der Waals surface area (Å²) in [6.45, 7) is 8.18. The number of anilines is 1. The predicted molar refractivity (Wildman–Crippen MR) is 134 cm³/mol. The Kier molecular flexibility index (Phi) is 6.52. The first-order valence-electron chi connectivity index (χ1n) is 11.7. The molecule has 2 heterocycles. The zero-order valence-corrected chi connectivity index (χ0v) is 21.6. The molecule has 0 radical (unpaired) electrons. The largest absolute Gasteiger partial charge is 0.496 e. The second-order valence-corrected chi connectivity index (χ2v) is 11.3. The number of carboxylic acid groups (broad SMARTS) is 1. The average Bonchev–Trinajstić information content (AvgIpc) is 3.26. The smallest absolute Gasteiger partial charge is 0.339 e. The van der Waals surface area contributed by atoms with Gasteiger partial charge in [-0.15, -0.1) is 0 Å². The molecule has 2 fully saturated rings. The van der Waals surface area contributed by atoms with E-state index in [1.165, 1.54) is 25.3 Å². The van der Waals surface area contributed by atoms with E-state index in [2.05, 4.69) is 26.8 Å². The summed E-state index contributed by atoms with van der Waals surface area (Å²) in [5.41, 5.74) is -0.537. The van der Waals surface area contributed by atoms with E-state index >= 15 is 4.39 Å². The molecule has 1 amide bonds. The maximum atomic E-state index is 15.4. The van der Waals surface area contributed by atoms with E-state index < -0.39 is 29.2 Å². The molecule has 0 unspecified atom stereocenters. The number of fused-ring (bicyclic) bond motifs is 1. The van der Waals surface area contributed by atoms with Gasteiger partial charge in [0.1, 0.15) is 23.2 Å². The minimum Gasteiger partial charge on any atom is -0.496 e. The van der Waals surface area contributed by atoms with Crippen molar-refractivity contribution in [2.45, 2.75) is 52.1 Å². The molecular weight excluding hydrogens is 485 g/mol. The van der Waals surface area contributed by atoms with Crippen LogP contribution in [0.25, 0.3) is 0 Å². The summed E-state index contributed by atoms with van der Waals surface area (Å²) in [5, 5.41) is 19.8. The summed E-state index contributed by atoms with van der Waals surface area (Å²) in [6, 6.07) is 10.5. The van der Waals surface area contributed by atoms with E-state index in [0.717, 1.165) is 0 Å². The van der Waals surface area contributed by atoms with Crippen LogP contribution < -0.4 is 9.64 Å². The molecule has 0 aliphatic carbocycles. The molecule has 2 aromatic rings. The van der Waals surface area contributed by atoms with Crippen molar-refractivity contribution in [1.29, 1.82) is 5.26 Å². The number of carbonyl (C=O) groups excluding carboxylic acids is 1. The van der Waals surface area contributed by atoms with Crippen LogP contribution in [-0.4, -0.2) is 47.7 Å². The normalized spacial score (nSPS) is 26.1. The van der Waals surface area contributed by atoms with Crippen molar-refractivity contribution in [2.75, 3.05) is 18.7 Å². The number of rotatable bonds is 5. The van der Waals surface area contributed by atoms with Gasteiger partial charge >= 0.3 is 5.97 Å². The molecule has 4 atom stereocenters. The maximum absolute atomic E-state index is 15.4. The third-order valence-corrected chi connectivity index (χ3v) is 7.62. The zero-order valence-electron chi connectivity index (χ0n) is 20.9. The molecule has 2 aliphatic rings. The van der Waals surface area contributed by atoms with Gasteiger partial charge in [0.25, 0.3) is 0 Å². The van der Waals surface area contributed by atoms with Crippen molar-refractivity contribution in [3.05, 3.63) is 58.4 Å². The monoisotopic (exact) mass is 513 g/mol. The Bertz CT molecular complexity index is 1270. The molecule has 36 heavy (non-hydrogen) atoms. The van der Waals surface area contributed by atoms with E-state index in [1.54, 1.807) is 30.0 Å². The number of hydrogen-bond donors (Lipinski definition) is 1. The second kappa shape index (κ2) is 9.06. The number of carbonyl (C=O) groups is 2. The van der Waals surface area contributed by atoms with Crippen molar-refractivity contribution in [1.82, 2.24) is 4.90 Å². The van der Waals surface area contributed by atoms with Crippen LogP contribution in [0, 0.1) is 28.0 Å². The molecule has 2 saturated heterocycles. The summed E-state index contributed by atoms with van der Waals surface area (Å²) < 4.78 is 20.6. The quantitative estimate of drug-likeness (QED) is 0.583. The molecular formula is C27H29ClFN3O4. The van der Waals surface area contributed by atoms with Gasteiger partial charge in [-0.05, 0) is 42.5 Å². The molecule has 4 rings (SSSR count). The molecule has 2 aromatic carbocycles. The number of hydrogen-bond acceptors (Lipinski definition) is 5. The Morgan fingerprint density at radius 2 is 2.03 bits per heavy atom. The summed E-state index contributed by atoms with van der Waals surface area (Å²) in [7, 11) is 1.37. The molecule has 2 aliphatic heterocycles. The van der Waals surface area contributed by atoms with Gasteiger partial charge in [-0.1, -0.05) is 44.5 Å². The lowest BCUT2D eigenvalue weighted by molar-refractivity contribution is -0.119. The number of nitriles is 1. The van der Waals surface area contributed by atoms with Crippen LogP contribution in [0.5, 0.6) is 5.75 Å². The molecule has 1 N–H and O–H groups in total. The van der Waals surface area contributed by atoms with Crippen LogP contribution >= 0.6 is 11.6 Å². The number of aromatic carboxylic acids is 1. The van der Waals surface area contributed by atoms with E-state index in [0.29, 0.717) is 12.1 Å². The van der Waals surface area contributed by atoms with Crippen molar-refractivity contribution in [3.63, 3.8) is 0 Å². The van der Waals surface area contributed by atoms with E-state index in [-0.39, 0.29) is 45.9 Å². The van der Waals surface area contributed by atoms with Crippen LogP contribution in [0.15, 0.2) is 36.4 Å². The third-order valence-electron chi connectivity index (χ3n) is 7.33. The van der Waals surface area contributed by atoms with Crippen LogP contribution in [0.3, 0.4) is 0 Å². The van der Waals surface area contributed by atoms with Gasteiger partial charge in [-0.2, -0.15) is 5.26 Å². The van der Waals surface area contributed by atoms with Crippen LogP contribution in [0.2, 0.25) is 5.02 Å². The highest BCUT2D eigenvalue weighted by Gasteiger charge is 2.64. The lowest BCUT2D eigenvalue weighted by Gasteiger charge is -2.37. The lowest BCUT2D eigenvalue weighted by Crippen LogP contribution is -2.43. The fraction of sp³-hybridized carbons (Fsp3) is 0.444. The van der Waals surface area contributed by atoms with Gasteiger partial charge in [0.2, 0.25) is 5.91 Å². The molecule has 7 nitrogen and oxygen atoms in total. The molecule has 0 spiro atoms. The number of nitrogens with zero attached hydrogens (tertiary/aromatic N) is 3. The number of carboxylic acids is 1. The van der Waals surface area contributed by atoms with Gasteiger partial charge in [-0.25, -0.2) is 9.18 Å². The standard InChI is InChI=1S/C27H29ClFN3O4/c1-26(2,3)12-20-27(4,13-30)21(17-7-6-8-18(28)22(17)29)23-24(33)31(14-32(20)23)15-9-10-16(25(34)35)19(11-15)36-5/h6-11,20-21,23H,12,14H2,1-5H3,(H,34,35)/t20-,21-,23+,27+/m0/s1. The highest BCUT2D eigenvalue weighted by atomic mass is 35.5. The molecule has 0 saturated carbocycles. The van der Waals surface area contributed by atoms with E-state index in [4.69, 9.17) is 16.3 Å². The Balaban J connectivity index is 1.85. The number of halogens is 2. The second-order valence-electron chi connectivity index (χ2n) is 10.9. The Labute approximate surface area is 215 Å². The molecule has 9 heteroatoms. The maximum Gasteiger partial charge on any atom is 0.339 e. The zero-order chi connectivity index (χ0) is 26.6. The fourth-order valence-electron chi connectivity index (χ4n) is 5.67. The predicted octanol–water partition coefficient (Wildman–Crippen LogP) is 5.29. The number of ether oxygens (including phenoxy) is 1. The Hall–Kier alpha value is -3.15. The van der Waals surface area contributed by atoms with Crippen molar-refractivity contribution in [2.24, 2.45) is 10.8 Å². The van der Waals surface area contributed by atoms with Gasteiger partial charge in [0, 0.05) is 23.7 Å². The first-order chi connectivity index (χ1) is 16.8. The lowest BCUT2D eigenvalue weighted by atomic mass is 9.67. The highest BCUT2D eigenvalue weighted by molar-refractivity contribution is 6.30. The summed E-state index contributed by atoms with van der Waals surface area (Å²) in [5.74, 6) is -2.68. The number of methoxy groups -OCH3 is 1. The molecule has 0 aromatic heterocycles. The van der Waals surface area contributed by atoms with Crippen LogP contribution in [-0.2, 0) is 4.79 Å². The first-order valence-corrected chi connectivity index (χ1v) is 12.1. The minimum absolute atomic E-state index is 0.0186. The van der Waals surface area contributed by atoms with Crippen molar-refractivity contribution >= 4 is 29.2 Å². The number of benzene rings is 2. The van der Waals surface area contributed by atoms with E-state index in [9.17, 15) is 20.0 Å².